The highest BCUT2D eigenvalue weighted by atomic mass is 35.5. The molecule has 0 spiro atoms. The zero-order chi connectivity index (χ0) is 20.6. The third-order valence-corrected chi connectivity index (χ3v) is 5.02. The van der Waals surface area contributed by atoms with E-state index in [0.717, 1.165) is 45.8 Å². The number of anilines is 1. The van der Waals surface area contributed by atoms with Gasteiger partial charge in [-0.2, -0.15) is 5.26 Å². The number of nitriles is 1. The van der Waals surface area contributed by atoms with E-state index in [9.17, 15) is 10.1 Å². The Kier molecular flexibility index (Phi) is 6.84. The van der Waals surface area contributed by atoms with E-state index in [4.69, 9.17) is 11.6 Å². The van der Waals surface area contributed by atoms with E-state index in [1.54, 1.807) is 6.08 Å². The first-order chi connectivity index (χ1) is 14.1. The van der Waals surface area contributed by atoms with Gasteiger partial charge < -0.3 is 5.32 Å². The van der Waals surface area contributed by atoms with Gasteiger partial charge in [0, 0.05) is 10.7 Å². The Morgan fingerprint density at radius 1 is 1.00 bits per heavy atom. The van der Waals surface area contributed by atoms with Crippen molar-refractivity contribution in [2.45, 2.75) is 19.8 Å². The minimum absolute atomic E-state index is 0.0646. The number of carbonyl (C=O) groups excluding carboxylic acids is 1. The highest BCUT2D eigenvalue weighted by Crippen LogP contribution is 2.20. The largest absolute Gasteiger partial charge is 0.321 e. The lowest BCUT2D eigenvalue weighted by Crippen LogP contribution is -2.14. The quantitative estimate of drug-likeness (QED) is 0.405. The van der Waals surface area contributed by atoms with E-state index >= 15 is 0 Å². The first-order valence-corrected chi connectivity index (χ1v) is 9.82. The number of hydrogen-bond acceptors (Lipinski definition) is 2. The molecule has 3 aromatic carbocycles. The zero-order valence-electron chi connectivity index (χ0n) is 16.2. The second-order valence-corrected chi connectivity index (χ2v) is 7.05. The molecule has 0 unspecified atom stereocenters. The van der Waals surface area contributed by atoms with Crippen molar-refractivity contribution in [3.8, 4) is 6.07 Å². The van der Waals surface area contributed by atoms with Gasteiger partial charge >= 0.3 is 0 Å². The van der Waals surface area contributed by atoms with Gasteiger partial charge in [-0.05, 0) is 53.3 Å². The summed E-state index contributed by atoms with van der Waals surface area (Å²) in [6.45, 7) is 2.02. The Hall–Kier alpha value is -3.35. The Balaban J connectivity index is 1.74. The molecule has 0 aromatic heterocycles. The molecule has 1 N–H and O–H groups in total. The molecular weight excluding hydrogens is 380 g/mol. The van der Waals surface area contributed by atoms with Gasteiger partial charge in [0.2, 0.25) is 0 Å². The monoisotopic (exact) mass is 400 g/mol. The van der Waals surface area contributed by atoms with Gasteiger partial charge in [0.15, 0.2) is 0 Å². The molecule has 0 atom stereocenters. The van der Waals surface area contributed by atoms with Crippen LogP contribution in [0.25, 0.3) is 6.08 Å². The summed E-state index contributed by atoms with van der Waals surface area (Å²) < 4.78 is 0. The molecule has 3 rings (SSSR count). The van der Waals surface area contributed by atoms with Gasteiger partial charge in [0.25, 0.3) is 5.91 Å². The molecule has 0 radical (unpaired) electrons. The molecule has 29 heavy (non-hydrogen) atoms. The second kappa shape index (κ2) is 9.73. The summed E-state index contributed by atoms with van der Waals surface area (Å²) in [5.41, 5.74) is 4.79. The molecule has 3 aromatic rings. The van der Waals surface area contributed by atoms with Crippen molar-refractivity contribution in [2.75, 3.05) is 5.32 Å². The predicted molar refractivity (Wildman–Crippen MR) is 119 cm³/mol. The normalized spacial score (nSPS) is 11.0. The third-order valence-electron chi connectivity index (χ3n) is 4.65. The molecule has 144 valence electrons. The van der Waals surface area contributed by atoms with Crippen LogP contribution in [-0.2, 0) is 17.6 Å². The summed E-state index contributed by atoms with van der Waals surface area (Å²) in [4.78, 5) is 12.5. The lowest BCUT2D eigenvalue weighted by molar-refractivity contribution is -0.112. The molecule has 0 bridgehead atoms. The zero-order valence-corrected chi connectivity index (χ0v) is 16.9. The van der Waals surface area contributed by atoms with Gasteiger partial charge in [-0.15, -0.1) is 0 Å². The van der Waals surface area contributed by atoms with Crippen LogP contribution >= 0.6 is 11.6 Å². The molecular formula is C25H21ClN2O. The maximum Gasteiger partial charge on any atom is 0.266 e. The summed E-state index contributed by atoms with van der Waals surface area (Å²) in [5, 5.41) is 13.0. The number of nitrogens with one attached hydrogen (secondary N) is 1. The number of hydrogen-bond donors (Lipinski definition) is 1. The van der Waals surface area contributed by atoms with E-state index in [1.807, 2.05) is 85.8 Å². The molecule has 0 saturated heterocycles. The Labute approximate surface area is 176 Å². The average molecular weight is 401 g/mol. The van der Waals surface area contributed by atoms with Crippen molar-refractivity contribution in [2.24, 2.45) is 0 Å². The highest BCUT2D eigenvalue weighted by molar-refractivity contribution is 6.31. The lowest BCUT2D eigenvalue weighted by Gasteiger charge is -2.09. The maximum atomic E-state index is 12.5. The molecule has 0 heterocycles. The number of nitrogens with zero attached hydrogens (tertiary/aromatic N) is 1. The van der Waals surface area contributed by atoms with Crippen molar-refractivity contribution in [1.29, 1.82) is 5.26 Å². The summed E-state index contributed by atoms with van der Waals surface area (Å²) in [5.74, 6) is -0.409. The van der Waals surface area contributed by atoms with Gasteiger partial charge in [0.05, 0.1) is 0 Å². The van der Waals surface area contributed by atoms with Crippen LogP contribution in [0.15, 0.2) is 78.4 Å². The first-order valence-electron chi connectivity index (χ1n) is 9.44. The van der Waals surface area contributed by atoms with Gasteiger partial charge in [-0.3, -0.25) is 4.79 Å². The Morgan fingerprint density at radius 3 is 2.31 bits per heavy atom. The summed E-state index contributed by atoms with van der Waals surface area (Å²) in [6.07, 6.45) is 3.13. The van der Waals surface area contributed by atoms with Crippen LogP contribution in [0.5, 0.6) is 0 Å². The number of para-hydroxylation sites is 1. The van der Waals surface area contributed by atoms with Crippen molar-refractivity contribution < 1.29 is 4.79 Å². The molecule has 0 aliphatic heterocycles. The van der Waals surface area contributed by atoms with Crippen molar-refractivity contribution in [3.63, 3.8) is 0 Å². The third kappa shape index (κ3) is 5.34. The predicted octanol–water partition coefficient (Wildman–Crippen LogP) is 6.04. The lowest BCUT2D eigenvalue weighted by atomic mass is 10.0. The Morgan fingerprint density at radius 2 is 1.66 bits per heavy atom. The van der Waals surface area contributed by atoms with E-state index in [-0.39, 0.29) is 5.57 Å². The van der Waals surface area contributed by atoms with Gasteiger partial charge in [0.1, 0.15) is 11.6 Å². The number of aryl methyl sites for hydroxylation is 1. The fourth-order valence-corrected chi connectivity index (χ4v) is 3.25. The molecule has 0 saturated carbocycles. The molecule has 0 aliphatic carbocycles. The number of benzene rings is 3. The van der Waals surface area contributed by atoms with Crippen LogP contribution in [0, 0.1) is 11.3 Å². The van der Waals surface area contributed by atoms with Crippen molar-refractivity contribution in [1.82, 2.24) is 0 Å². The van der Waals surface area contributed by atoms with Crippen LogP contribution in [0.3, 0.4) is 0 Å². The number of halogens is 1. The van der Waals surface area contributed by atoms with E-state index in [0.29, 0.717) is 0 Å². The minimum Gasteiger partial charge on any atom is -0.321 e. The fourth-order valence-electron chi connectivity index (χ4n) is 3.05. The summed E-state index contributed by atoms with van der Waals surface area (Å²) in [7, 11) is 0. The molecule has 0 fully saturated rings. The maximum absolute atomic E-state index is 12.5. The van der Waals surface area contributed by atoms with E-state index in [2.05, 4.69) is 5.32 Å². The van der Waals surface area contributed by atoms with Crippen molar-refractivity contribution >= 4 is 29.3 Å². The number of rotatable bonds is 6. The van der Waals surface area contributed by atoms with Crippen LogP contribution in [0.1, 0.15) is 29.2 Å². The van der Waals surface area contributed by atoms with Crippen LogP contribution < -0.4 is 5.32 Å². The second-order valence-electron chi connectivity index (χ2n) is 6.64. The van der Waals surface area contributed by atoms with Gasteiger partial charge in [-0.1, -0.05) is 79.2 Å². The minimum atomic E-state index is -0.409. The van der Waals surface area contributed by atoms with Crippen LogP contribution in [0.4, 0.5) is 5.69 Å². The van der Waals surface area contributed by atoms with E-state index < -0.39 is 5.91 Å². The smallest absolute Gasteiger partial charge is 0.266 e. The van der Waals surface area contributed by atoms with E-state index in [1.165, 1.54) is 0 Å². The number of amides is 1. The SMILES string of the molecule is CCc1ccccc1NC(=O)/C(C#N)=C/c1ccc(Cc2ccccc2Cl)cc1. The molecule has 3 nitrogen and oxygen atoms in total. The topological polar surface area (TPSA) is 52.9 Å². The molecule has 4 heteroatoms. The molecule has 1 amide bonds. The number of carbonyl (C=O) groups is 1. The van der Waals surface area contributed by atoms with Gasteiger partial charge in [-0.25, -0.2) is 0 Å². The van der Waals surface area contributed by atoms with Crippen molar-refractivity contribution in [3.05, 3.63) is 106 Å². The molecule has 0 aliphatic rings. The standard InChI is InChI=1S/C25H21ClN2O/c1-2-20-7-4-6-10-24(20)28-25(29)22(17-27)16-19-13-11-18(12-14-19)15-21-8-3-5-9-23(21)26/h3-14,16H,2,15H2,1H3,(H,28,29)/b22-16+. The average Bonchev–Trinajstić information content (AvgIpc) is 2.75. The summed E-state index contributed by atoms with van der Waals surface area (Å²) in [6, 6.07) is 25.1. The summed E-state index contributed by atoms with van der Waals surface area (Å²) >= 11 is 6.23. The highest BCUT2D eigenvalue weighted by Gasteiger charge is 2.11. The van der Waals surface area contributed by atoms with Crippen LogP contribution in [-0.4, -0.2) is 5.91 Å². The first kappa shape index (κ1) is 20.4. The Bertz CT molecular complexity index is 1080. The van der Waals surface area contributed by atoms with Crippen LogP contribution in [0.2, 0.25) is 5.02 Å². The fraction of sp³-hybridized carbons (Fsp3) is 0.120.